The van der Waals surface area contributed by atoms with E-state index in [0.717, 1.165) is 23.5 Å². The number of aromatic nitrogens is 1. The topological polar surface area (TPSA) is 71.1 Å². The lowest BCUT2D eigenvalue weighted by molar-refractivity contribution is -0.122. The van der Waals surface area contributed by atoms with E-state index in [2.05, 4.69) is 27.8 Å². The van der Waals surface area contributed by atoms with Gasteiger partial charge in [0.2, 0.25) is 11.8 Å². The first-order valence-corrected chi connectivity index (χ1v) is 9.45. The standard InChI is InChI=1S/C19H23N3O2S/c1-19(10-8-17(24)22-19)9-7-16(23)20-12-15-13-25-18(21-15)11-14-5-3-2-4-6-14/h2-6,13H,7-12H2,1H3,(H,20,23)(H,22,24). The van der Waals surface area contributed by atoms with Gasteiger partial charge in [0, 0.05) is 30.2 Å². The Morgan fingerprint density at radius 1 is 1.36 bits per heavy atom. The smallest absolute Gasteiger partial charge is 0.220 e. The van der Waals surface area contributed by atoms with Crippen molar-refractivity contribution < 1.29 is 9.59 Å². The second kappa shape index (κ2) is 7.78. The number of carbonyl (C=O) groups is 2. The summed E-state index contributed by atoms with van der Waals surface area (Å²) >= 11 is 1.62. The van der Waals surface area contributed by atoms with E-state index in [1.165, 1.54) is 5.56 Å². The summed E-state index contributed by atoms with van der Waals surface area (Å²) in [6.45, 7) is 2.45. The Kier molecular flexibility index (Phi) is 5.48. The van der Waals surface area contributed by atoms with Gasteiger partial charge in [0.25, 0.3) is 0 Å². The van der Waals surface area contributed by atoms with Crippen molar-refractivity contribution in [1.82, 2.24) is 15.6 Å². The molecule has 1 aliphatic heterocycles. The maximum atomic E-state index is 12.0. The van der Waals surface area contributed by atoms with Crippen molar-refractivity contribution in [3.8, 4) is 0 Å². The summed E-state index contributed by atoms with van der Waals surface area (Å²) in [7, 11) is 0. The monoisotopic (exact) mass is 357 g/mol. The first-order valence-electron chi connectivity index (χ1n) is 8.57. The quantitative estimate of drug-likeness (QED) is 0.800. The third-order valence-electron chi connectivity index (χ3n) is 4.51. The molecule has 1 aromatic carbocycles. The fourth-order valence-electron chi connectivity index (χ4n) is 2.99. The van der Waals surface area contributed by atoms with Crippen molar-refractivity contribution in [2.45, 2.75) is 51.1 Å². The molecule has 6 heteroatoms. The van der Waals surface area contributed by atoms with E-state index in [-0.39, 0.29) is 17.4 Å². The molecular formula is C19H23N3O2S. The highest BCUT2D eigenvalue weighted by atomic mass is 32.1. The zero-order valence-electron chi connectivity index (χ0n) is 14.4. The van der Waals surface area contributed by atoms with Crippen LogP contribution in [0.3, 0.4) is 0 Å². The number of nitrogens with one attached hydrogen (secondary N) is 2. The molecule has 1 aromatic heterocycles. The lowest BCUT2D eigenvalue weighted by atomic mass is 9.94. The Balaban J connectivity index is 1.42. The molecule has 25 heavy (non-hydrogen) atoms. The lowest BCUT2D eigenvalue weighted by Gasteiger charge is -2.23. The molecule has 2 amide bonds. The first-order chi connectivity index (χ1) is 12.0. The molecule has 0 bridgehead atoms. The van der Waals surface area contributed by atoms with Gasteiger partial charge >= 0.3 is 0 Å². The number of nitrogens with zero attached hydrogens (tertiary/aromatic N) is 1. The van der Waals surface area contributed by atoms with E-state index in [1.807, 2.05) is 30.5 Å². The van der Waals surface area contributed by atoms with Crippen LogP contribution in [-0.2, 0) is 22.6 Å². The van der Waals surface area contributed by atoms with Crippen LogP contribution in [0, 0.1) is 0 Å². The predicted molar refractivity (Wildman–Crippen MR) is 98.2 cm³/mol. The Morgan fingerprint density at radius 2 is 2.16 bits per heavy atom. The molecule has 0 aliphatic carbocycles. The van der Waals surface area contributed by atoms with E-state index in [0.29, 0.717) is 25.8 Å². The van der Waals surface area contributed by atoms with Crippen molar-refractivity contribution in [2.24, 2.45) is 0 Å². The van der Waals surface area contributed by atoms with E-state index >= 15 is 0 Å². The molecule has 0 spiro atoms. The maximum Gasteiger partial charge on any atom is 0.220 e. The highest BCUT2D eigenvalue weighted by molar-refractivity contribution is 7.09. The van der Waals surface area contributed by atoms with Crippen LogP contribution in [0.2, 0.25) is 0 Å². The van der Waals surface area contributed by atoms with Crippen LogP contribution in [0.25, 0.3) is 0 Å². The van der Waals surface area contributed by atoms with E-state index in [1.54, 1.807) is 11.3 Å². The Bertz CT molecular complexity index is 744. The highest BCUT2D eigenvalue weighted by Crippen LogP contribution is 2.24. The van der Waals surface area contributed by atoms with Crippen LogP contribution in [0.1, 0.15) is 48.9 Å². The molecule has 1 aliphatic rings. The number of hydrogen-bond acceptors (Lipinski definition) is 4. The molecule has 0 saturated carbocycles. The largest absolute Gasteiger partial charge is 0.351 e. The van der Waals surface area contributed by atoms with Gasteiger partial charge in [-0.15, -0.1) is 11.3 Å². The molecule has 1 fully saturated rings. The second-order valence-electron chi connectivity index (χ2n) is 6.78. The van der Waals surface area contributed by atoms with Crippen molar-refractivity contribution in [2.75, 3.05) is 0 Å². The van der Waals surface area contributed by atoms with Crippen LogP contribution in [0.5, 0.6) is 0 Å². The van der Waals surface area contributed by atoms with Crippen LogP contribution in [-0.4, -0.2) is 22.3 Å². The zero-order chi connectivity index (χ0) is 17.7. The number of hydrogen-bond donors (Lipinski definition) is 2. The summed E-state index contributed by atoms with van der Waals surface area (Å²) in [5, 5.41) is 8.93. The minimum absolute atomic E-state index is 0.0000154. The molecule has 2 heterocycles. The molecular weight excluding hydrogens is 334 g/mol. The SMILES string of the molecule is CC1(CCC(=O)NCc2csc(Cc3ccccc3)n2)CCC(=O)N1. The number of benzene rings is 1. The fraction of sp³-hybridized carbons (Fsp3) is 0.421. The summed E-state index contributed by atoms with van der Waals surface area (Å²) < 4.78 is 0. The molecule has 2 aromatic rings. The Labute approximate surface area is 151 Å². The van der Waals surface area contributed by atoms with Gasteiger partial charge in [-0.1, -0.05) is 30.3 Å². The van der Waals surface area contributed by atoms with Crippen molar-refractivity contribution in [1.29, 1.82) is 0 Å². The predicted octanol–water partition coefficient (Wildman–Crippen LogP) is 2.80. The van der Waals surface area contributed by atoms with Crippen LogP contribution < -0.4 is 10.6 Å². The Hall–Kier alpha value is -2.21. The molecule has 2 N–H and O–H groups in total. The van der Waals surface area contributed by atoms with Gasteiger partial charge < -0.3 is 10.6 Å². The zero-order valence-corrected chi connectivity index (χ0v) is 15.2. The summed E-state index contributed by atoms with van der Waals surface area (Å²) in [6.07, 6.45) is 3.26. The average Bonchev–Trinajstić information content (AvgIpc) is 3.19. The normalized spacial score (nSPS) is 19.6. The van der Waals surface area contributed by atoms with Gasteiger partial charge in [-0.2, -0.15) is 0 Å². The molecule has 3 rings (SSSR count). The molecule has 0 radical (unpaired) electrons. The van der Waals surface area contributed by atoms with E-state index in [9.17, 15) is 9.59 Å². The van der Waals surface area contributed by atoms with Gasteiger partial charge in [0.15, 0.2) is 0 Å². The molecule has 5 nitrogen and oxygen atoms in total. The van der Waals surface area contributed by atoms with Crippen LogP contribution in [0.15, 0.2) is 35.7 Å². The van der Waals surface area contributed by atoms with Gasteiger partial charge in [0.05, 0.1) is 17.2 Å². The first kappa shape index (κ1) is 17.6. The van der Waals surface area contributed by atoms with Crippen molar-refractivity contribution in [3.05, 3.63) is 52.0 Å². The van der Waals surface area contributed by atoms with Crippen molar-refractivity contribution >= 4 is 23.2 Å². The third-order valence-corrected chi connectivity index (χ3v) is 5.41. The van der Waals surface area contributed by atoms with Crippen molar-refractivity contribution in [3.63, 3.8) is 0 Å². The van der Waals surface area contributed by atoms with E-state index < -0.39 is 0 Å². The minimum Gasteiger partial charge on any atom is -0.351 e. The summed E-state index contributed by atoms with van der Waals surface area (Å²) in [5.41, 5.74) is 1.89. The van der Waals surface area contributed by atoms with Gasteiger partial charge in [-0.05, 0) is 25.3 Å². The maximum absolute atomic E-state index is 12.0. The van der Waals surface area contributed by atoms with E-state index in [4.69, 9.17) is 0 Å². The molecule has 132 valence electrons. The highest BCUT2D eigenvalue weighted by Gasteiger charge is 2.32. The number of rotatable bonds is 7. The third kappa shape index (κ3) is 5.13. The summed E-state index contributed by atoms with van der Waals surface area (Å²) in [6, 6.07) is 10.2. The number of amides is 2. The molecule has 1 atom stereocenters. The number of thiazole rings is 1. The lowest BCUT2D eigenvalue weighted by Crippen LogP contribution is -2.39. The molecule has 1 unspecified atom stereocenters. The van der Waals surface area contributed by atoms with Gasteiger partial charge in [-0.25, -0.2) is 4.98 Å². The average molecular weight is 357 g/mol. The van der Waals surface area contributed by atoms with Gasteiger partial charge in [-0.3, -0.25) is 9.59 Å². The second-order valence-corrected chi connectivity index (χ2v) is 7.72. The minimum atomic E-state index is -0.238. The fourth-order valence-corrected chi connectivity index (χ4v) is 3.82. The van der Waals surface area contributed by atoms with Crippen LogP contribution in [0.4, 0.5) is 0 Å². The summed E-state index contributed by atoms with van der Waals surface area (Å²) in [4.78, 5) is 28.0. The van der Waals surface area contributed by atoms with Crippen LogP contribution >= 0.6 is 11.3 Å². The Morgan fingerprint density at radius 3 is 2.88 bits per heavy atom. The summed E-state index contributed by atoms with van der Waals surface area (Å²) in [5.74, 6) is 0.0799. The number of carbonyl (C=O) groups excluding carboxylic acids is 2. The van der Waals surface area contributed by atoms with Gasteiger partial charge in [0.1, 0.15) is 0 Å². The molecule has 1 saturated heterocycles.